The maximum absolute atomic E-state index is 4.72. The molecule has 3 aromatic heterocycles. The number of aromatic nitrogens is 5. The summed E-state index contributed by atoms with van der Waals surface area (Å²) in [6.07, 6.45) is 9.60. The lowest BCUT2D eigenvalue weighted by Gasteiger charge is -2.35. The van der Waals surface area contributed by atoms with Gasteiger partial charge in [-0.25, -0.2) is 14.6 Å². The number of piperidine rings is 1. The zero-order chi connectivity index (χ0) is 24.0. The fourth-order valence-corrected chi connectivity index (χ4v) is 5.77. The van der Waals surface area contributed by atoms with E-state index in [1.807, 2.05) is 23.1 Å². The average Bonchev–Trinajstić information content (AvgIpc) is 3.69. The van der Waals surface area contributed by atoms with E-state index >= 15 is 0 Å². The van der Waals surface area contributed by atoms with Crippen molar-refractivity contribution in [2.45, 2.75) is 24.8 Å². The van der Waals surface area contributed by atoms with Crippen molar-refractivity contribution in [3.63, 3.8) is 0 Å². The van der Waals surface area contributed by atoms with Crippen LogP contribution in [0.2, 0.25) is 0 Å². The maximum atomic E-state index is 4.72. The van der Waals surface area contributed by atoms with Gasteiger partial charge in [0, 0.05) is 48.5 Å². The molecule has 0 atom stereocenters. The van der Waals surface area contributed by atoms with Gasteiger partial charge < -0.3 is 20.5 Å². The van der Waals surface area contributed by atoms with Crippen LogP contribution in [0.4, 0.5) is 17.2 Å². The van der Waals surface area contributed by atoms with Crippen molar-refractivity contribution in [2.24, 2.45) is 0 Å². The Labute approximate surface area is 209 Å². The minimum atomic E-state index is 0.122. The molecule has 2 aromatic carbocycles. The van der Waals surface area contributed by atoms with Crippen LogP contribution in [-0.2, 0) is 12.0 Å². The second-order valence-corrected chi connectivity index (χ2v) is 9.76. The van der Waals surface area contributed by atoms with Crippen LogP contribution in [0.5, 0.6) is 0 Å². The van der Waals surface area contributed by atoms with Gasteiger partial charge in [-0.05, 0) is 79.5 Å². The molecule has 1 saturated heterocycles. The first-order valence-electron chi connectivity index (χ1n) is 12.5. The number of H-pyrrole nitrogens is 1. The van der Waals surface area contributed by atoms with Crippen molar-refractivity contribution in [3.05, 3.63) is 90.6 Å². The Hall–Kier alpha value is -4.17. The number of hydrogen-bond donors (Lipinski definition) is 3. The highest BCUT2D eigenvalue weighted by Gasteiger charge is 2.44. The van der Waals surface area contributed by atoms with E-state index in [9.17, 15) is 0 Å². The molecule has 0 saturated carbocycles. The van der Waals surface area contributed by atoms with Gasteiger partial charge in [-0.15, -0.1) is 0 Å². The molecule has 0 unspecified atom stereocenters. The normalized spacial score (nSPS) is 16.5. The smallest absolute Gasteiger partial charge is 0.145 e. The summed E-state index contributed by atoms with van der Waals surface area (Å²) in [5.41, 5.74) is 7.13. The van der Waals surface area contributed by atoms with Gasteiger partial charge in [0.2, 0.25) is 0 Å². The minimum Gasteiger partial charge on any atom is -0.381 e. The molecule has 1 fully saturated rings. The van der Waals surface area contributed by atoms with Crippen LogP contribution in [0.1, 0.15) is 24.0 Å². The maximum Gasteiger partial charge on any atom is 0.145 e. The lowest BCUT2D eigenvalue weighted by atomic mass is 9.74. The summed E-state index contributed by atoms with van der Waals surface area (Å²) in [5, 5.41) is 12.6. The van der Waals surface area contributed by atoms with E-state index in [-0.39, 0.29) is 5.41 Å². The molecule has 0 amide bonds. The SMILES string of the molecule is c1cnn(-c2ccc(CNc3ccc4c(c3)C3(CCNCC3)CN4c3ncnc4[nH]ccc34)cc2)c1. The van der Waals surface area contributed by atoms with Gasteiger partial charge >= 0.3 is 0 Å². The molecule has 180 valence electrons. The Bertz CT molecular complexity index is 1500. The molecule has 0 radical (unpaired) electrons. The van der Waals surface area contributed by atoms with Crippen molar-refractivity contribution >= 4 is 28.2 Å². The van der Waals surface area contributed by atoms with Crippen LogP contribution in [-0.4, -0.2) is 44.4 Å². The van der Waals surface area contributed by atoms with Crippen LogP contribution in [0.15, 0.2) is 79.5 Å². The highest BCUT2D eigenvalue weighted by molar-refractivity contribution is 5.91. The molecular weight excluding hydrogens is 448 g/mol. The van der Waals surface area contributed by atoms with Crippen molar-refractivity contribution in [2.75, 3.05) is 29.9 Å². The van der Waals surface area contributed by atoms with E-state index in [1.54, 1.807) is 12.5 Å². The van der Waals surface area contributed by atoms with Crippen molar-refractivity contribution in [1.29, 1.82) is 0 Å². The predicted octanol–water partition coefficient (Wildman–Crippen LogP) is 4.53. The molecule has 5 heterocycles. The third-order valence-corrected chi connectivity index (χ3v) is 7.67. The molecule has 2 aliphatic rings. The monoisotopic (exact) mass is 476 g/mol. The summed E-state index contributed by atoms with van der Waals surface area (Å²) >= 11 is 0. The van der Waals surface area contributed by atoms with E-state index in [2.05, 4.69) is 79.1 Å². The zero-order valence-electron chi connectivity index (χ0n) is 20.0. The number of aromatic amines is 1. The Balaban J connectivity index is 1.18. The highest BCUT2D eigenvalue weighted by atomic mass is 15.3. The molecule has 7 rings (SSSR count). The van der Waals surface area contributed by atoms with Gasteiger partial charge in [0.05, 0.1) is 11.1 Å². The fourth-order valence-electron chi connectivity index (χ4n) is 5.77. The van der Waals surface area contributed by atoms with Gasteiger partial charge in [-0.2, -0.15) is 5.10 Å². The molecule has 36 heavy (non-hydrogen) atoms. The summed E-state index contributed by atoms with van der Waals surface area (Å²) in [6.45, 7) is 3.79. The van der Waals surface area contributed by atoms with Gasteiger partial charge in [0.1, 0.15) is 17.8 Å². The molecule has 3 N–H and O–H groups in total. The summed E-state index contributed by atoms with van der Waals surface area (Å²) in [7, 11) is 0. The molecule has 8 nitrogen and oxygen atoms in total. The van der Waals surface area contributed by atoms with E-state index < -0.39 is 0 Å². The third kappa shape index (κ3) is 3.53. The molecule has 5 aromatic rings. The lowest BCUT2D eigenvalue weighted by Crippen LogP contribution is -2.42. The van der Waals surface area contributed by atoms with Crippen molar-refractivity contribution < 1.29 is 0 Å². The molecule has 8 heteroatoms. The summed E-state index contributed by atoms with van der Waals surface area (Å²) < 4.78 is 1.88. The number of hydrogen-bond acceptors (Lipinski definition) is 6. The van der Waals surface area contributed by atoms with Gasteiger partial charge in [-0.1, -0.05) is 12.1 Å². The number of nitrogens with one attached hydrogen (secondary N) is 3. The Morgan fingerprint density at radius 3 is 2.72 bits per heavy atom. The minimum absolute atomic E-state index is 0.122. The van der Waals surface area contributed by atoms with E-state index in [4.69, 9.17) is 4.98 Å². The summed E-state index contributed by atoms with van der Waals surface area (Å²) in [4.78, 5) is 14.7. The molecule has 0 bridgehead atoms. The van der Waals surface area contributed by atoms with Crippen LogP contribution < -0.4 is 15.5 Å². The average molecular weight is 477 g/mol. The van der Waals surface area contributed by atoms with Gasteiger partial charge in [-0.3, -0.25) is 0 Å². The van der Waals surface area contributed by atoms with Gasteiger partial charge in [0.15, 0.2) is 0 Å². The highest BCUT2D eigenvalue weighted by Crippen LogP contribution is 2.50. The summed E-state index contributed by atoms with van der Waals surface area (Å²) in [6, 6.07) is 19.4. The van der Waals surface area contributed by atoms with Crippen molar-refractivity contribution in [3.8, 4) is 5.69 Å². The molecular formula is C28H28N8. The third-order valence-electron chi connectivity index (χ3n) is 7.67. The first-order chi connectivity index (χ1) is 17.8. The molecule has 2 aliphatic heterocycles. The Kier molecular flexibility index (Phi) is 4.99. The molecule has 0 aliphatic carbocycles. The Morgan fingerprint density at radius 2 is 1.89 bits per heavy atom. The summed E-state index contributed by atoms with van der Waals surface area (Å²) in [5.74, 6) is 0.982. The Morgan fingerprint density at radius 1 is 1.00 bits per heavy atom. The predicted molar refractivity (Wildman–Crippen MR) is 142 cm³/mol. The number of anilines is 3. The van der Waals surface area contributed by atoms with E-state index in [0.29, 0.717) is 0 Å². The second kappa shape index (κ2) is 8.49. The van der Waals surface area contributed by atoms with E-state index in [1.165, 1.54) is 16.8 Å². The van der Waals surface area contributed by atoms with Gasteiger partial charge in [0.25, 0.3) is 0 Å². The fraction of sp³-hybridized carbons (Fsp3) is 0.250. The zero-order valence-corrected chi connectivity index (χ0v) is 20.0. The number of nitrogens with zero attached hydrogens (tertiary/aromatic N) is 5. The molecule has 1 spiro atoms. The lowest BCUT2D eigenvalue weighted by molar-refractivity contribution is 0.329. The second-order valence-electron chi connectivity index (χ2n) is 9.76. The van der Waals surface area contributed by atoms with Crippen LogP contribution >= 0.6 is 0 Å². The van der Waals surface area contributed by atoms with Crippen LogP contribution in [0.25, 0.3) is 16.7 Å². The van der Waals surface area contributed by atoms with Crippen molar-refractivity contribution in [1.82, 2.24) is 30.0 Å². The topological polar surface area (TPSA) is 86.7 Å². The number of rotatable bonds is 5. The largest absolute Gasteiger partial charge is 0.381 e. The first kappa shape index (κ1) is 21.1. The van der Waals surface area contributed by atoms with E-state index in [0.717, 1.165) is 67.2 Å². The van der Waals surface area contributed by atoms with Crippen LogP contribution in [0.3, 0.4) is 0 Å². The number of benzene rings is 2. The van der Waals surface area contributed by atoms with Crippen LogP contribution in [0, 0.1) is 0 Å². The first-order valence-corrected chi connectivity index (χ1v) is 12.5. The quantitative estimate of drug-likeness (QED) is 0.346. The standard InChI is InChI=1S/C28H28N8/c1-11-34-36(15-1)22-5-2-20(3-6-22)17-31-21-4-7-25-24(16-21)28(9-13-29-14-10-28)18-35(25)27-23-8-12-30-26(23)32-19-33-27/h1-8,11-12,15-16,19,29,31H,9-10,13-14,17-18H2,(H,30,32,33). The number of fused-ring (bicyclic) bond motifs is 3.